The van der Waals surface area contributed by atoms with Gasteiger partial charge in [-0.25, -0.2) is 0 Å². The number of carbonyl (C=O) groups excluding carboxylic acids is 1. The molecule has 3 aromatic carbocycles. The predicted octanol–water partition coefficient (Wildman–Crippen LogP) is 5.02. The first-order chi connectivity index (χ1) is 14.6. The van der Waals surface area contributed by atoms with Gasteiger partial charge in [0.25, 0.3) is 11.6 Å². The molecule has 5 rings (SSSR count). The summed E-state index contributed by atoms with van der Waals surface area (Å²) >= 11 is 0. The van der Waals surface area contributed by atoms with Gasteiger partial charge in [-0.15, -0.1) is 0 Å². The molecule has 1 aliphatic heterocycles. The summed E-state index contributed by atoms with van der Waals surface area (Å²) in [6, 6.07) is 18.9. The quantitative estimate of drug-likeness (QED) is 0.386. The highest BCUT2D eigenvalue weighted by Gasteiger charge is 2.24. The van der Waals surface area contributed by atoms with Crippen LogP contribution in [0.25, 0.3) is 11.1 Å². The minimum Gasteiger partial charge on any atom is -0.366 e. The number of carbonyl (C=O) groups is 1. The maximum Gasteiger partial charge on any atom is 0.293 e. The van der Waals surface area contributed by atoms with Gasteiger partial charge >= 0.3 is 0 Å². The first kappa shape index (κ1) is 18.4. The lowest BCUT2D eigenvalue weighted by Gasteiger charge is -2.17. The molecule has 6 nitrogen and oxygen atoms in total. The van der Waals surface area contributed by atoms with E-state index in [1.54, 1.807) is 12.1 Å². The van der Waals surface area contributed by atoms with Gasteiger partial charge in [-0.2, -0.15) is 0 Å². The Morgan fingerprint density at radius 3 is 2.50 bits per heavy atom. The van der Waals surface area contributed by atoms with Crippen molar-refractivity contribution in [2.24, 2.45) is 0 Å². The second kappa shape index (κ2) is 7.30. The number of anilines is 2. The fraction of sp³-hybridized carbons (Fsp3) is 0.208. The Balaban J connectivity index is 1.39. The lowest BCUT2D eigenvalue weighted by molar-refractivity contribution is -0.384. The van der Waals surface area contributed by atoms with Crippen molar-refractivity contribution >= 4 is 23.0 Å². The number of amides is 1. The van der Waals surface area contributed by atoms with Crippen molar-refractivity contribution in [3.63, 3.8) is 0 Å². The van der Waals surface area contributed by atoms with Crippen LogP contribution in [0.3, 0.4) is 0 Å². The Morgan fingerprint density at radius 2 is 1.70 bits per heavy atom. The SMILES string of the molecule is O=C(Nc1ccc2c(c1)Cc1ccccc1-2)c1ccc(N2CCCC2)c([N+](=O)[O-])c1. The summed E-state index contributed by atoms with van der Waals surface area (Å²) in [5, 5.41) is 14.5. The molecule has 0 radical (unpaired) electrons. The zero-order valence-corrected chi connectivity index (χ0v) is 16.4. The molecule has 2 aliphatic rings. The number of hydrogen-bond donors (Lipinski definition) is 1. The number of nitro groups is 1. The van der Waals surface area contributed by atoms with E-state index in [9.17, 15) is 14.9 Å². The number of benzene rings is 3. The molecule has 0 spiro atoms. The van der Waals surface area contributed by atoms with Gasteiger partial charge in [0.15, 0.2) is 0 Å². The summed E-state index contributed by atoms with van der Waals surface area (Å²) in [5.41, 5.74) is 6.42. The Labute approximate surface area is 174 Å². The zero-order chi connectivity index (χ0) is 20.7. The van der Waals surface area contributed by atoms with Gasteiger partial charge in [-0.1, -0.05) is 30.3 Å². The lowest BCUT2D eigenvalue weighted by Crippen LogP contribution is -2.19. The van der Waals surface area contributed by atoms with Crippen molar-refractivity contribution in [2.45, 2.75) is 19.3 Å². The molecule has 1 amide bonds. The maximum absolute atomic E-state index is 12.8. The normalized spacial score (nSPS) is 14.3. The molecule has 6 heteroatoms. The van der Waals surface area contributed by atoms with Gasteiger partial charge in [0.2, 0.25) is 0 Å². The standard InChI is InChI=1S/C24H21N3O3/c28-24(17-7-10-22(23(15-17)27(29)30)26-11-3-4-12-26)25-19-8-9-21-18(14-19)13-16-5-1-2-6-20(16)21/h1-2,5-10,14-15H,3-4,11-13H2,(H,25,28). The number of hydrogen-bond acceptors (Lipinski definition) is 4. The average molecular weight is 399 g/mol. The molecule has 1 fully saturated rings. The van der Waals surface area contributed by atoms with Crippen LogP contribution in [0, 0.1) is 10.1 Å². The van der Waals surface area contributed by atoms with Crippen LogP contribution in [0.4, 0.5) is 17.1 Å². The van der Waals surface area contributed by atoms with Crippen molar-refractivity contribution in [2.75, 3.05) is 23.3 Å². The van der Waals surface area contributed by atoms with Crippen LogP contribution < -0.4 is 10.2 Å². The third-order valence-electron chi connectivity index (χ3n) is 5.93. The smallest absolute Gasteiger partial charge is 0.293 e. The van der Waals surface area contributed by atoms with Gasteiger partial charge in [-0.05, 0) is 65.8 Å². The van der Waals surface area contributed by atoms with E-state index in [2.05, 4.69) is 17.4 Å². The summed E-state index contributed by atoms with van der Waals surface area (Å²) < 4.78 is 0. The summed E-state index contributed by atoms with van der Waals surface area (Å²) in [7, 11) is 0. The molecule has 150 valence electrons. The van der Waals surface area contributed by atoms with Crippen molar-refractivity contribution < 1.29 is 9.72 Å². The summed E-state index contributed by atoms with van der Waals surface area (Å²) in [5.74, 6) is -0.346. The molecular weight excluding hydrogens is 378 g/mol. The first-order valence-corrected chi connectivity index (χ1v) is 10.2. The van der Waals surface area contributed by atoms with E-state index in [-0.39, 0.29) is 17.2 Å². The number of nitrogens with one attached hydrogen (secondary N) is 1. The Kier molecular flexibility index (Phi) is 4.47. The Bertz CT molecular complexity index is 1170. The highest BCUT2D eigenvalue weighted by molar-refractivity contribution is 6.05. The third kappa shape index (κ3) is 3.20. The monoisotopic (exact) mass is 399 g/mol. The fourth-order valence-electron chi connectivity index (χ4n) is 4.46. The van der Waals surface area contributed by atoms with Crippen LogP contribution in [0.5, 0.6) is 0 Å². The molecule has 0 bridgehead atoms. The minimum atomic E-state index is -0.406. The highest BCUT2D eigenvalue weighted by Crippen LogP contribution is 2.38. The minimum absolute atomic E-state index is 0.0195. The molecule has 1 N–H and O–H groups in total. The number of rotatable bonds is 4. The second-order valence-corrected chi connectivity index (χ2v) is 7.81. The molecule has 3 aromatic rings. The van der Waals surface area contributed by atoms with Crippen LogP contribution in [0.2, 0.25) is 0 Å². The van der Waals surface area contributed by atoms with Crippen molar-refractivity contribution in [1.29, 1.82) is 0 Å². The molecule has 1 heterocycles. The van der Waals surface area contributed by atoms with Gasteiger partial charge in [0.05, 0.1) is 4.92 Å². The van der Waals surface area contributed by atoms with Crippen LogP contribution in [-0.2, 0) is 6.42 Å². The number of fused-ring (bicyclic) bond motifs is 3. The molecule has 0 saturated carbocycles. The van der Waals surface area contributed by atoms with Crippen LogP contribution in [-0.4, -0.2) is 23.9 Å². The summed E-state index contributed by atoms with van der Waals surface area (Å²) in [6.45, 7) is 1.62. The van der Waals surface area contributed by atoms with Crippen LogP contribution >= 0.6 is 0 Å². The number of nitrogens with zero attached hydrogens (tertiary/aromatic N) is 2. The number of nitro benzene ring substituents is 1. The van der Waals surface area contributed by atoms with E-state index < -0.39 is 4.92 Å². The zero-order valence-electron chi connectivity index (χ0n) is 16.4. The third-order valence-corrected chi connectivity index (χ3v) is 5.93. The summed E-state index contributed by atoms with van der Waals surface area (Å²) in [4.78, 5) is 26.0. The van der Waals surface area contributed by atoms with E-state index >= 15 is 0 Å². The summed E-state index contributed by atoms with van der Waals surface area (Å²) in [6.07, 6.45) is 2.90. The van der Waals surface area contributed by atoms with Gasteiger partial charge in [-0.3, -0.25) is 14.9 Å². The Hall–Kier alpha value is -3.67. The molecule has 1 aliphatic carbocycles. The molecule has 0 unspecified atom stereocenters. The van der Waals surface area contributed by atoms with Gasteiger partial charge in [0.1, 0.15) is 5.69 Å². The van der Waals surface area contributed by atoms with Crippen molar-refractivity contribution in [3.05, 3.63) is 87.5 Å². The van der Waals surface area contributed by atoms with Crippen molar-refractivity contribution in [1.82, 2.24) is 0 Å². The van der Waals surface area contributed by atoms with Crippen LogP contribution in [0.1, 0.15) is 34.3 Å². The Morgan fingerprint density at radius 1 is 0.933 bits per heavy atom. The van der Waals surface area contributed by atoms with E-state index in [0.29, 0.717) is 11.4 Å². The van der Waals surface area contributed by atoms with Gasteiger partial charge in [0, 0.05) is 30.4 Å². The molecule has 30 heavy (non-hydrogen) atoms. The fourth-order valence-corrected chi connectivity index (χ4v) is 4.46. The maximum atomic E-state index is 12.8. The molecule has 0 aromatic heterocycles. The highest BCUT2D eigenvalue weighted by atomic mass is 16.6. The van der Waals surface area contributed by atoms with E-state index in [1.807, 2.05) is 35.2 Å². The molecular formula is C24H21N3O3. The average Bonchev–Trinajstić information content (AvgIpc) is 3.41. The lowest BCUT2D eigenvalue weighted by atomic mass is 10.1. The van der Waals surface area contributed by atoms with Gasteiger partial charge < -0.3 is 10.2 Å². The van der Waals surface area contributed by atoms with E-state index in [4.69, 9.17) is 0 Å². The largest absolute Gasteiger partial charge is 0.366 e. The molecule has 0 atom stereocenters. The van der Waals surface area contributed by atoms with E-state index in [1.165, 1.54) is 28.3 Å². The molecule has 1 saturated heterocycles. The van der Waals surface area contributed by atoms with E-state index in [0.717, 1.165) is 32.4 Å². The first-order valence-electron chi connectivity index (χ1n) is 10.2. The van der Waals surface area contributed by atoms with Crippen molar-refractivity contribution in [3.8, 4) is 11.1 Å². The topological polar surface area (TPSA) is 75.5 Å². The van der Waals surface area contributed by atoms with Crippen LogP contribution in [0.15, 0.2) is 60.7 Å². The predicted molar refractivity (Wildman–Crippen MR) is 117 cm³/mol. The second-order valence-electron chi connectivity index (χ2n) is 7.81.